The third kappa shape index (κ3) is 5.93. The molecule has 1 aliphatic rings. The van der Waals surface area contributed by atoms with Crippen LogP contribution in [-0.2, 0) is 14.3 Å². The SMILES string of the molecule is CSCC[C@H](NC(=O)c1ccc(C2OCC(c3ccccc3)O2)cc1-c1ccccc1C)C(=O)O. The molecular weight excluding hydrogens is 462 g/mol. The number of carbonyl (C=O) groups is 2. The van der Waals surface area contributed by atoms with Crippen LogP contribution >= 0.6 is 11.8 Å². The normalized spacial score (nSPS) is 18.2. The summed E-state index contributed by atoms with van der Waals surface area (Å²) in [6.07, 6.45) is 1.53. The molecule has 1 aliphatic heterocycles. The van der Waals surface area contributed by atoms with Gasteiger partial charge >= 0.3 is 5.97 Å². The maximum atomic E-state index is 13.3. The first-order valence-electron chi connectivity index (χ1n) is 11.5. The van der Waals surface area contributed by atoms with Crippen LogP contribution in [0.3, 0.4) is 0 Å². The Bertz CT molecular complexity index is 1180. The average molecular weight is 492 g/mol. The Labute approximate surface area is 209 Å². The molecule has 35 heavy (non-hydrogen) atoms. The average Bonchev–Trinajstić information content (AvgIpc) is 3.37. The van der Waals surface area contributed by atoms with E-state index >= 15 is 0 Å². The van der Waals surface area contributed by atoms with Crippen molar-refractivity contribution >= 4 is 23.6 Å². The van der Waals surface area contributed by atoms with Crippen LogP contribution in [0.25, 0.3) is 11.1 Å². The largest absolute Gasteiger partial charge is 0.480 e. The zero-order valence-electron chi connectivity index (χ0n) is 19.8. The minimum atomic E-state index is -1.04. The molecule has 0 spiro atoms. The number of rotatable bonds is 9. The Morgan fingerprint density at radius 1 is 1.03 bits per heavy atom. The summed E-state index contributed by atoms with van der Waals surface area (Å²) in [5.41, 5.74) is 4.88. The van der Waals surface area contributed by atoms with Gasteiger partial charge in [0.25, 0.3) is 5.91 Å². The van der Waals surface area contributed by atoms with Gasteiger partial charge in [-0.15, -0.1) is 0 Å². The molecule has 1 saturated heterocycles. The summed E-state index contributed by atoms with van der Waals surface area (Å²) in [6, 6.07) is 22.2. The van der Waals surface area contributed by atoms with Crippen molar-refractivity contribution in [3.8, 4) is 11.1 Å². The predicted molar refractivity (Wildman–Crippen MR) is 137 cm³/mol. The van der Waals surface area contributed by atoms with E-state index in [1.807, 2.05) is 79.9 Å². The quantitative estimate of drug-likeness (QED) is 0.418. The summed E-state index contributed by atoms with van der Waals surface area (Å²) >= 11 is 1.54. The molecule has 1 heterocycles. The zero-order chi connectivity index (χ0) is 24.8. The van der Waals surface area contributed by atoms with Gasteiger partial charge in [0, 0.05) is 11.1 Å². The minimum absolute atomic E-state index is 0.168. The van der Waals surface area contributed by atoms with Crippen LogP contribution in [0.1, 0.15) is 45.9 Å². The smallest absolute Gasteiger partial charge is 0.326 e. The number of aliphatic carboxylic acids is 1. The van der Waals surface area contributed by atoms with Gasteiger partial charge in [0.2, 0.25) is 0 Å². The van der Waals surface area contributed by atoms with Crippen molar-refractivity contribution in [1.29, 1.82) is 0 Å². The van der Waals surface area contributed by atoms with Crippen molar-refractivity contribution in [3.05, 3.63) is 95.1 Å². The molecule has 182 valence electrons. The van der Waals surface area contributed by atoms with Crippen molar-refractivity contribution in [3.63, 3.8) is 0 Å². The van der Waals surface area contributed by atoms with Gasteiger partial charge in [-0.2, -0.15) is 11.8 Å². The first-order valence-corrected chi connectivity index (χ1v) is 12.9. The van der Waals surface area contributed by atoms with E-state index in [1.165, 1.54) is 0 Å². The van der Waals surface area contributed by atoms with E-state index in [1.54, 1.807) is 17.8 Å². The maximum absolute atomic E-state index is 13.3. The van der Waals surface area contributed by atoms with Gasteiger partial charge in [0.15, 0.2) is 6.29 Å². The highest BCUT2D eigenvalue weighted by atomic mass is 32.2. The Balaban J connectivity index is 1.64. The van der Waals surface area contributed by atoms with Crippen LogP contribution in [0.5, 0.6) is 0 Å². The van der Waals surface area contributed by atoms with Gasteiger partial charge < -0.3 is 19.9 Å². The van der Waals surface area contributed by atoms with Crippen molar-refractivity contribution < 1.29 is 24.2 Å². The fraction of sp³-hybridized carbons (Fsp3) is 0.286. The number of nitrogens with one attached hydrogen (secondary N) is 1. The van der Waals surface area contributed by atoms with Gasteiger partial charge in [0.1, 0.15) is 12.1 Å². The molecule has 4 rings (SSSR count). The second-order valence-corrected chi connectivity index (χ2v) is 9.45. The van der Waals surface area contributed by atoms with Gasteiger partial charge in [-0.05, 0) is 59.7 Å². The molecule has 1 amide bonds. The molecule has 3 aromatic carbocycles. The summed E-state index contributed by atoms with van der Waals surface area (Å²) in [6.45, 7) is 2.42. The lowest BCUT2D eigenvalue weighted by molar-refractivity contribution is -0.139. The molecule has 0 aliphatic carbocycles. The number of carbonyl (C=O) groups excluding carboxylic acids is 1. The highest BCUT2D eigenvalue weighted by Gasteiger charge is 2.30. The van der Waals surface area contributed by atoms with Gasteiger partial charge in [-0.25, -0.2) is 4.79 Å². The Morgan fingerprint density at radius 3 is 2.49 bits per heavy atom. The molecule has 0 aromatic heterocycles. The van der Waals surface area contributed by atoms with Gasteiger partial charge in [-0.3, -0.25) is 4.79 Å². The molecule has 3 atom stereocenters. The number of benzene rings is 3. The summed E-state index contributed by atoms with van der Waals surface area (Å²) in [5, 5.41) is 12.3. The predicted octanol–water partition coefficient (Wildman–Crippen LogP) is 5.38. The maximum Gasteiger partial charge on any atom is 0.326 e. The van der Waals surface area contributed by atoms with E-state index < -0.39 is 24.2 Å². The number of hydrogen-bond donors (Lipinski definition) is 2. The topological polar surface area (TPSA) is 84.9 Å². The van der Waals surface area contributed by atoms with Crippen LogP contribution in [0.4, 0.5) is 0 Å². The van der Waals surface area contributed by atoms with Crippen molar-refractivity contribution in [1.82, 2.24) is 5.32 Å². The number of hydrogen-bond acceptors (Lipinski definition) is 5. The van der Waals surface area contributed by atoms with Crippen molar-refractivity contribution in [2.45, 2.75) is 31.8 Å². The van der Waals surface area contributed by atoms with E-state index in [0.717, 1.165) is 22.3 Å². The number of amides is 1. The van der Waals surface area contributed by atoms with Crippen LogP contribution in [-0.4, -0.2) is 41.6 Å². The third-order valence-electron chi connectivity index (χ3n) is 6.07. The van der Waals surface area contributed by atoms with Crippen LogP contribution in [0.2, 0.25) is 0 Å². The second kappa shape index (κ2) is 11.5. The highest BCUT2D eigenvalue weighted by Crippen LogP contribution is 2.37. The van der Waals surface area contributed by atoms with E-state index in [2.05, 4.69) is 5.32 Å². The zero-order valence-corrected chi connectivity index (χ0v) is 20.6. The number of carboxylic acids is 1. The molecule has 0 saturated carbocycles. The van der Waals surface area contributed by atoms with E-state index in [-0.39, 0.29) is 6.10 Å². The van der Waals surface area contributed by atoms with Gasteiger partial charge in [0.05, 0.1) is 6.61 Å². The molecule has 0 radical (unpaired) electrons. The Kier molecular flexibility index (Phi) is 8.23. The fourth-order valence-electron chi connectivity index (χ4n) is 4.15. The van der Waals surface area contributed by atoms with Crippen LogP contribution in [0.15, 0.2) is 72.8 Å². The van der Waals surface area contributed by atoms with Crippen molar-refractivity contribution in [2.24, 2.45) is 0 Å². The van der Waals surface area contributed by atoms with Crippen LogP contribution < -0.4 is 5.32 Å². The monoisotopic (exact) mass is 491 g/mol. The van der Waals surface area contributed by atoms with E-state index in [0.29, 0.717) is 29.9 Å². The lowest BCUT2D eigenvalue weighted by Crippen LogP contribution is -2.41. The molecule has 1 fully saturated rings. The van der Waals surface area contributed by atoms with E-state index in [4.69, 9.17) is 9.47 Å². The summed E-state index contributed by atoms with van der Waals surface area (Å²) in [5.74, 6) is -0.820. The number of thioether (sulfide) groups is 1. The van der Waals surface area contributed by atoms with E-state index in [9.17, 15) is 14.7 Å². The minimum Gasteiger partial charge on any atom is -0.480 e. The Morgan fingerprint density at radius 2 is 1.77 bits per heavy atom. The molecule has 3 aromatic rings. The molecular formula is C28H29NO5S. The molecule has 7 heteroatoms. The fourth-order valence-corrected chi connectivity index (χ4v) is 4.62. The van der Waals surface area contributed by atoms with Crippen molar-refractivity contribution in [2.75, 3.05) is 18.6 Å². The highest BCUT2D eigenvalue weighted by molar-refractivity contribution is 7.98. The first kappa shape index (κ1) is 25.0. The summed E-state index contributed by atoms with van der Waals surface area (Å²) < 4.78 is 12.2. The number of ether oxygens (including phenoxy) is 2. The standard InChI is InChI=1S/C28H29NO5S/c1-18-8-6-7-11-21(18)23-16-20(28-33-17-25(34-28)19-9-4-3-5-10-19)12-13-22(23)26(30)29-24(27(31)32)14-15-35-2/h3-13,16,24-25,28H,14-15,17H2,1-2H3,(H,29,30)(H,31,32)/t24-,25?,28?/m0/s1. The molecule has 2 unspecified atom stereocenters. The lowest BCUT2D eigenvalue weighted by Gasteiger charge is -2.19. The number of aryl methyl sites for hydroxylation is 1. The molecule has 0 bridgehead atoms. The Hall–Kier alpha value is -3.13. The first-order chi connectivity index (χ1) is 17.0. The third-order valence-corrected chi connectivity index (χ3v) is 6.71. The molecule has 6 nitrogen and oxygen atoms in total. The number of carboxylic acid groups (broad SMARTS) is 1. The molecule has 2 N–H and O–H groups in total. The summed E-state index contributed by atoms with van der Waals surface area (Å²) in [7, 11) is 0. The van der Waals surface area contributed by atoms with Gasteiger partial charge in [-0.1, -0.05) is 60.7 Å². The van der Waals surface area contributed by atoms with Crippen LogP contribution in [0, 0.1) is 6.92 Å². The second-order valence-electron chi connectivity index (χ2n) is 8.47. The lowest BCUT2D eigenvalue weighted by atomic mass is 9.93. The summed E-state index contributed by atoms with van der Waals surface area (Å²) in [4.78, 5) is 25.0.